The highest BCUT2D eigenvalue weighted by Crippen LogP contribution is 2.33. The summed E-state index contributed by atoms with van der Waals surface area (Å²) in [6.45, 7) is 9.13. The van der Waals surface area contributed by atoms with Crippen LogP contribution in [0, 0.1) is 20.8 Å². The molecule has 2 nitrogen and oxygen atoms in total. The Bertz CT molecular complexity index is 589. The minimum Gasteiger partial charge on any atom is -0.466 e. The van der Waals surface area contributed by atoms with Crippen molar-refractivity contribution in [3.05, 3.63) is 57.5 Å². The first-order chi connectivity index (χ1) is 9.54. The van der Waals surface area contributed by atoms with E-state index in [4.69, 9.17) is 16.0 Å². The van der Waals surface area contributed by atoms with E-state index in [1.165, 1.54) is 5.56 Å². The van der Waals surface area contributed by atoms with Crippen LogP contribution in [-0.2, 0) is 0 Å². The van der Waals surface area contributed by atoms with Gasteiger partial charge in [0.05, 0.1) is 6.04 Å². The Morgan fingerprint density at radius 2 is 1.95 bits per heavy atom. The quantitative estimate of drug-likeness (QED) is 0.843. The summed E-state index contributed by atoms with van der Waals surface area (Å²) in [7, 11) is 0. The lowest BCUT2D eigenvalue weighted by atomic mass is 9.97. The fourth-order valence-electron chi connectivity index (χ4n) is 2.51. The molecule has 3 heteroatoms. The number of furan rings is 1. The number of rotatable bonds is 5. The molecule has 0 bridgehead atoms. The molecule has 20 heavy (non-hydrogen) atoms. The summed E-state index contributed by atoms with van der Waals surface area (Å²) >= 11 is 6.51. The van der Waals surface area contributed by atoms with Crippen molar-refractivity contribution in [3.63, 3.8) is 0 Å². The molecular formula is C17H22ClNO. The van der Waals surface area contributed by atoms with Gasteiger partial charge in [-0.1, -0.05) is 36.7 Å². The van der Waals surface area contributed by atoms with Crippen LogP contribution >= 0.6 is 11.6 Å². The van der Waals surface area contributed by atoms with E-state index < -0.39 is 0 Å². The second-order valence-electron chi connectivity index (χ2n) is 5.23. The molecule has 2 rings (SSSR count). The van der Waals surface area contributed by atoms with Crippen molar-refractivity contribution < 1.29 is 4.42 Å². The largest absolute Gasteiger partial charge is 0.466 e. The lowest BCUT2D eigenvalue weighted by Gasteiger charge is -2.20. The molecule has 0 radical (unpaired) electrons. The van der Waals surface area contributed by atoms with E-state index in [0.29, 0.717) is 0 Å². The minimum absolute atomic E-state index is 0.0831. The summed E-state index contributed by atoms with van der Waals surface area (Å²) < 4.78 is 5.68. The zero-order valence-electron chi connectivity index (χ0n) is 12.6. The number of halogens is 1. The zero-order chi connectivity index (χ0) is 14.7. The molecule has 0 amide bonds. The molecule has 2 aromatic rings. The van der Waals surface area contributed by atoms with E-state index in [-0.39, 0.29) is 6.04 Å². The van der Waals surface area contributed by atoms with E-state index in [9.17, 15) is 0 Å². The van der Waals surface area contributed by atoms with Crippen LogP contribution in [0.1, 0.15) is 47.6 Å². The van der Waals surface area contributed by atoms with Crippen LogP contribution in [0.3, 0.4) is 0 Å². The zero-order valence-corrected chi connectivity index (χ0v) is 13.3. The van der Waals surface area contributed by atoms with Crippen molar-refractivity contribution in [2.24, 2.45) is 0 Å². The Morgan fingerprint density at radius 3 is 2.55 bits per heavy atom. The smallest absolute Gasteiger partial charge is 0.106 e. The van der Waals surface area contributed by atoms with E-state index in [0.717, 1.165) is 40.6 Å². The number of hydrogen-bond acceptors (Lipinski definition) is 2. The Kier molecular flexibility index (Phi) is 4.90. The van der Waals surface area contributed by atoms with Gasteiger partial charge in [-0.15, -0.1) is 0 Å². The van der Waals surface area contributed by atoms with E-state index in [1.807, 2.05) is 26.8 Å². The van der Waals surface area contributed by atoms with Gasteiger partial charge >= 0.3 is 0 Å². The monoisotopic (exact) mass is 291 g/mol. The standard InChI is InChI=1S/C17H22ClNO/c1-5-9-19-17(15-10-12(3)20-13(15)4)14-8-6-7-11(2)16(14)18/h6-8,10,17,19H,5,9H2,1-4H3. The van der Waals surface area contributed by atoms with Gasteiger partial charge in [-0.3, -0.25) is 0 Å². The van der Waals surface area contributed by atoms with Crippen molar-refractivity contribution in [3.8, 4) is 0 Å². The maximum atomic E-state index is 6.51. The maximum Gasteiger partial charge on any atom is 0.106 e. The Morgan fingerprint density at radius 1 is 1.20 bits per heavy atom. The van der Waals surface area contributed by atoms with Gasteiger partial charge in [0.1, 0.15) is 11.5 Å². The molecule has 0 saturated heterocycles. The molecule has 1 aromatic carbocycles. The van der Waals surface area contributed by atoms with Gasteiger partial charge in [-0.2, -0.15) is 0 Å². The Labute approximate surface area is 126 Å². The molecule has 0 fully saturated rings. The Hall–Kier alpha value is -1.25. The van der Waals surface area contributed by atoms with Crippen molar-refractivity contribution in [2.75, 3.05) is 6.54 Å². The third-order valence-electron chi connectivity index (χ3n) is 3.52. The fraction of sp³-hybridized carbons (Fsp3) is 0.412. The summed E-state index contributed by atoms with van der Waals surface area (Å²) in [6, 6.07) is 8.36. The lowest BCUT2D eigenvalue weighted by Crippen LogP contribution is -2.23. The van der Waals surface area contributed by atoms with Crippen molar-refractivity contribution >= 4 is 11.6 Å². The first-order valence-corrected chi connectivity index (χ1v) is 7.47. The summed E-state index contributed by atoms with van der Waals surface area (Å²) in [5, 5.41) is 4.41. The topological polar surface area (TPSA) is 25.2 Å². The molecule has 1 heterocycles. The minimum atomic E-state index is 0.0831. The molecule has 1 atom stereocenters. The number of benzene rings is 1. The van der Waals surface area contributed by atoms with E-state index in [1.54, 1.807) is 0 Å². The van der Waals surface area contributed by atoms with Gasteiger partial charge in [0.25, 0.3) is 0 Å². The fourth-order valence-corrected chi connectivity index (χ4v) is 2.74. The van der Waals surface area contributed by atoms with Crippen LogP contribution in [0.15, 0.2) is 28.7 Å². The van der Waals surface area contributed by atoms with Gasteiger partial charge in [0.2, 0.25) is 0 Å². The number of hydrogen-bond donors (Lipinski definition) is 1. The summed E-state index contributed by atoms with van der Waals surface area (Å²) in [4.78, 5) is 0. The SMILES string of the molecule is CCCNC(c1cc(C)oc1C)c1cccc(C)c1Cl. The molecule has 0 aliphatic heterocycles. The van der Waals surface area contributed by atoms with E-state index >= 15 is 0 Å². The van der Waals surface area contributed by atoms with Crippen LogP contribution in [0.4, 0.5) is 0 Å². The summed E-state index contributed by atoms with van der Waals surface area (Å²) in [6.07, 6.45) is 1.08. The second kappa shape index (κ2) is 6.47. The van der Waals surface area contributed by atoms with Crippen LogP contribution in [-0.4, -0.2) is 6.54 Å². The molecule has 0 aliphatic rings. The molecular weight excluding hydrogens is 270 g/mol. The van der Waals surface area contributed by atoms with Gasteiger partial charge in [-0.05, 0) is 50.9 Å². The molecule has 1 aromatic heterocycles. The highest BCUT2D eigenvalue weighted by atomic mass is 35.5. The van der Waals surface area contributed by atoms with E-state index in [2.05, 4.69) is 30.4 Å². The highest BCUT2D eigenvalue weighted by Gasteiger charge is 2.21. The van der Waals surface area contributed by atoms with Crippen LogP contribution < -0.4 is 5.32 Å². The first-order valence-electron chi connectivity index (χ1n) is 7.10. The number of aryl methyl sites for hydroxylation is 3. The van der Waals surface area contributed by atoms with Crippen molar-refractivity contribution in [1.29, 1.82) is 0 Å². The average Bonchev–Trinajstić information content (AvgIpc) is 2.74. The Balaban J connectivity index is 2.47. The van der Waals surface area contributed by atoms with Crippen LogP contribution in [0.2, 0.25) is 5.02 Å². The van der Waals surface area contributed by atoms with Gasteiger partial charge < -0.3 is 9.73 Å². The normalized spacial score (nSPS) is 12.7. The lowest BCUT2D eigenvalue weighted by molar-refractivity contribution is 0.493. The molecule has 0 saturated carbocycles. The summed E-state index contributed by atoms with van der Waals surface area (Å²) in [5.74, 6) is 1.89. The van der Waals surface area contributed by atoms with Crippen molar-refractivity contribution in [2.45, 2.75) is 40.2 Å². The molecule has 1 N–H and O–H groups in total. The number of nitrogens with one attached hydrogen (secondary N) is 1. The van der Waals surface area contributed by atoms with Crippen LogP contribution in [0.5, 0.6) is 0 Å². The second-order valence-corrected chi connectivity index (χ2v) is 5.61. The van der Waals surface area contributed by atoms with Crippen molar-refractivity contribution in [1.82, 2.24) is 5.32 Å². The predicted molar refractivity (Wildman–Crippen MR) is 84.5 cm³/mol. The van der Waals surface area contributed by atoms with Gasteiger partial charge in [0, 0.05) is 10.6 Å². The van der Waals surface area contributed by atoms with Crippen LogP contribution in [0.25, 0.3) is 0 Å². The predicted octanol–water partition coefficient (Wildman–Crippen LogP) is 4.95. The van der Waals surface area contributed by atoms with Gasteiger partial charge in [-0.25, -0.2) is 0 Å². The third kappa shape index (κ3) is 3.08. The average molecular weight is 292 g/mol. The molecule has 0 spiro atoms. The van der Waals surface area contributed by atoms with Gasteiger partial charge in [0.15, 0.2) is 0 Å². The summed E-state index contributed by atoms with van der Waals surface area (Å²) in [5.41, 5.74) is 3.39. The molecule has 0 aliphatic carbocycles. The molecule has 108 valence electrons. The maximum absolute atomic E-state index is 6.51. The highest BCUT2D eigenvalue weighted by molar-refractivity contribution is 6.32. The third-order valence-corrected chi connectivity index (χ3v) is 4.04. The molecule has 1 unspecified atom stereocenters. The first kappa shape index (κ1) is 15.1.